The lowest BCUT2D eigenvalue weighted by Crippen LogP contribution is -2.50. The minimum Gasteiger partial charge on any atom is -0.494 e. The number of piperidine rings is 3. The smallest absolute Gasteiger partial charge is 0.225 e. The molecule has 0 saturated carbocycles. The van der Waals surface area contributed by atoms with E-state index in [0.717, 1.165) is 80.0 Å². The summed E-state index contributed by atoms with van der Waals surface area (Å²) in [6.07, 6.45) is 11.5. The first-order chi connectivity index (χ1) is 19.2. The molecule has 0 spiro atoms. The standard InChI is InChI=1S/C30H41N7O2/c1-2-39-26-8-6-7-23(19-26)21-37-29-27(20-33-37)28(31-22-32-29)35-15-9-24(10-16-35)30(38)36-17-11-25(12-18-36)34-13-4-3-5-14-34/h6-8,19-20,22,24-25H,2-5,9-18,21H2,1H3. The maximum Gasteiger partial charge on any atom is 0.225 e. The summed E-state index contributed by atoms with van der Waals surface area (Å²) < 4.78 is 7.58. The van der Waals surface area contributed by atoms with Crippen LogP contribution in [0.4, 0.5) is 5.82 Å². The van der Waals surface area contributed by atoms with Gasteiger partial charge in [0.25, 0.3) is 0 Å². The number of carbonyl (C=O) groups excluding carboxylic acids is 1. The summed E-state index contributed by atoms with van der Waals surface area (Å²) in [6.45, 7) is 9.22. The highest BCUT2D eigenvalue weighted by molar-refractivity contribution is 5.87. The van der Waals surface area contributed by atoms with Gasteiger partial charge in [0.2, 0.25) is 5.91 Å². The summed E-state index contributed by atoms with van der Waals surface area (Å²) in [4.78, 5) is 29.7. The molecule has 0 unspecified atom stereocenters. The van der Waals surface area contributed by atoms with Crippen molar-refractivity contribution < 1.29 is 9.53 Å². The highest BCUT2D eigenvalue weighted by Gasteiger charge is 2.33. The largest absolute Gasteiger partial charge is 0.494 e. The first-order valence-electron chi connectivity index (χ1n) is 14.9. The summed E-state index contributed by atoms with van der Waals surface area (Å²) in [5, 5.41) is 5.61. The third-order valence-electron chi connectivity index (χ3n) is 8.78. The topological polar surface area (TPSA) is 79.6 Å². The van der Waals surface area contributed by atoms with Crippen LogP contribution in [0.15, 0.2) is 36.8 Å². The minimum atomic E-state index is 0.116. The second kappa shape index (κ2) is 11.9. The number of nitrogens with zero attached hydrogens (tertiary/aromatic N) is 7. The molecule has 0 N–H and O–H groups in total. The van der Waals surface area contributed by atoms with Gasteiger partial charge in [-0.2, -0.15) is 5.10 Å². The van der Waals surface area contributed by atoms with E-state index in [1.54, 1.807) is 6.33 Å². The van der Waals surface area contributed by atoms with Crippen molar-refractivity contribution in [1.82, 2.24) is 29.5 Å². The van der Waals surface area contributed by atoms with Crippen LogP contribution in [0.25, 0.3) is 11.0 Å². The van der Waals surface area contributed by atoms with Crippen molar-refractivity contribution in [2.75, 3.05) is 50.8 Å². The molecule has 3 saturated heterocycles. The molecule has 9 heteroatoms. The Balaban J connectivity index is 1.06. The quantitative estimate of drug-likeness (QED) is 0.457. The Morgan fingerprint density at radius 1 is 0.974 bits per heavy atom. The van der Waals surface area contributed by atoms with Crippen molar-refractivity contribution in [2.45, 2.75) is 64.5 Å². The van der Waals surface area contributed by atoms with Crippen molar-refractivity contribution in [2.24, 2.45) is 5.92 Å². The van der Waals surface area contributed by atoms with Crippen molar-refractivity contribution in [3.05, 3.63) is 42.4 Å². The number of anilines is 1. The van der Waals surface area contributed by atoms with Crippen molar-refractivity contribution in [3.8, 4) is 5.75 Å². The van der Waals surface area contributed by atoms with Crippen LogP contribution >= 0.6 is 0 Å². The molecule has 3 aliphatic rings. The van der Waals surface area contributed by atoms with Crippen LogP contribution in [0.5, 0.6) is 5.75 Å². The van der Waals surface area contributed by atoms with Crippen LogP contribution < -0.4 is 9.64 Å². The highest BCUT2D eigenvalue weighted by Crippen LogP contribution is 2.30. The molecular weight excluding hydrogens is 490 g/mol. The summed E-state index contributed by atoms with van der Waals surface area (Å²) in [5.41, 5.74) is 1.95. The number of fused-ring (bicyclic) bond motifs is 1. The molecule has 0 aliphatic carbocycles. The van der Waals surface area contributed by atoms with E-state index in [9.17, 15) is 4.79 Å². The van der Waals surface area contributed by atoms with Gasteiger partial charge in [-0.1, -0.05) is 18.6 Å². The number of hydrogen-bond acceptors (Lipinski definition) is 7. The first kappa shape index (κ1) is 26.0. The second-order valence-corrected chi connectivity index (χ2v) is 11.2. The number of carbonyl (C=O) groups is 1. The number of likely N-dealkylation sites (tertiary alicyclic amines) is 2. The van der Waals surface area contributed by atoms with Crippen molar-refractivity contribution in [3.63, 3.8) is 0 Å². The molecule has 5 heterocycles. The lowest BCUT2D eigenvalue weighted by molar-refractivity contribution is -0.137. The van der Waals surface area contributed by atoms with E-state index in [1.165, 1.54) is 32.4 Å². The fourth-order valence-electron chi connectivity index (χ4n) is 6.65. The number of rotatable bonds is 7. The summed E-state index contributed by atoms with van der Waals surface area (Å²) >= 11 is 0. The molecule has 1 aromatic carbocycles. The van der Waals surface area contributed by atoms with E-state index in [0.29, 0.717) is 25.1 Å². The number of aromatic nitrogens is 4. The molecule has 208 valence electrons. The van der Waals surface area contributed by atoms with Gasteiger partial charge < -0.3 is 19.4 Å². The average Bonchev–Trinajstić information content (AvgIpc) is 3.40. The van der Waals surface area contributed by atoms with Crippen LogP contribution in [0.1, 0.15) is 57.4 Å². The zero-order valence-electron chi connectivity index (χ0n) is 23.2. The Labute approximate surface area is 231 Å². The molecule has 39 heavy (non-hydrogen) atoms. The summed E-state index contributed by atoms with van der Waals surface area (Å²) in [5.74, 6) is 2.26. The van der Waals surface area contributed by atoms with Crippen LogP contribution in [0.2, 0.25) is 0 Å². The number of amides is 1. The monoisotopic (exact) mass is 531 g/mol. The zero-order chi connectivity index (χ0) is 26.6. The van der Waals surface area contributed by atoms with Crippen LogP contribution in [-0.2, 0) is 11.3 Å². The van der Waals surface area contributed by atoms with E-state index in [-0.39, 0.29) is 5.92 Å². The minimum absolute atomic E-state index is 0.116. The Hall–Kier alpha value is -3.20. The van der Waals surface area contributed by atoms with Crippen LogP contribution in [0.3, 0.4) is 0 Å². The van der Waals surface area contributed by atoms with Gasteiger partial charge in [-0.05, 0) is 76.2 Å². The maximum absolute atomic E-state index is 13.4. The van der Waals surface area contributed by atoms with Gasteiger partial charge in [-0.25, -0.2) is 14.6 Å². The van der Waals surface area contributed by atoms with Gasteiger partial charge in [0.15, 0.2) is 5.65 Å². The predicted molar refractivity (Wildman–Crippen MR) is 152 cm³/mol. The van der Waals surface area contributed by atoms with E-state index in [2.05, 4.69) is 41.9 Å². The molecule has 0 radical (unpaired) electrons. The van der Waals surface area contributed by atoms with Gasteiger partial charge in [0.05, 0.1) is 24.7 Å². The third-order valence-corrected chi connectivity index (χ3v) is 8.78. The van der Waals surface area contributed by atoms with Crippen LogP contribution in [0, 0.1) is 5.92 Å². The van der Waals surface area contributed by atoms with Crippen LogP contribution in [-0.4, -0.2) is 87.4 Å². The molecule has 3 aromatic rings. The van der Waals surface area contributed by atoms with Gasteiger partial charge >= 0.3 is 0 Å². The second-order valence-electron chi connectivity index (χ2n) is 11.2. The summed E-state index contributed by atoms with van der Waals surface area (Å²) in [6, 6.07) is 8.79. The van der Waals surface area contributed by atoms with E-state index in [1.807, 2.05) is 29.9 Å². The Morgan fingerprint density at radius 2 is 1.77 bits per heavy atom. The molecule has 3 aliphatic heterocycles. The fraction of sp³-hybridized carbons (Fsp3) is 0.600. The number of hydrogen-bond donors (Lipinski definition) is 0. The average molecular weight is 532 g/mol. The Kier molecular flexibility index (Phi) is 7.95. The van der Waals surface area contributed by atoms with Gasteiger partial charge in [-0.3, -0.25) is 4.79 Å². The third kappa shape index (κ3) is 5.73. The molecule has 6 rings (SSSR count). The molecule has 0 bridgehead atoms. The molecule has 1 amide bonds. The Bertz CT molecular complexity index is 1260. The van der Waals surface area contributed by atoms with E-state index >= 15 is 0 Å². The molecule has 3 fully saturated rings. The predicted octanol–water partition coefficient (Wildman–Crippen LogP) is 3.97. The maximum atomic E-state index is 13.4. The van der Waals surface area contributed by atoms with Gasteiger partial charge in [0, 0.05) is 38.1 Å². The van der Waals surface area contributed by atoms with Crippen molar-refractivity contribution >= 4 is 22.8 Å². The number of benzene rings is 1. The van der Waals surface area contributed by atoms with Gasteiger partial charge in [-0.15, -0.1) is 0 Å². The normalized spacial score (nSPS) is 20.0. The van der Waals surface area contributed by atoms with E-state index < -0.39 is 0 Å². The summed E-state index contributed by atoms with van der Waals surface area (Å²) in [7, 11) is 0. The molecular formula is C30H41N7O2. The SMILES string of the molecule is CCOc1cccc(Cn2ncc3c(N4CCC(C(=O)N5CCC(N6CCCCC6)CC5)CC4)ncnc32)c1. The van der Waals surface area contributed by atoms with E-state index in [4.69, 9.17) is 4.74 Å². The highest BCUT2D eigenvalue weighted by atomic mass is 16.5. The lowest BCUT2D eigenvalue weighted by atomic mass is 9.93. The Morgan fingerprint density at radius 3 is 2.54 bits per heavy atom. The molecule has 9 nitrogen and oxygen atoms in total. The fourth-order valence-corrected chi connectivity index (χ4v) is 6.65. The molecule has 0 atom stereocenters. The number of ether oxygens (including phenoxy) is 1. The zero-order valence-corrected chi connectivity index (χ0v) is 23.2. The van der Waals surface area contributed by atoms with Gasteiger partial charge in [0.1, 0.15) is 17.9 Å². The lowest BCUT2D eigenvalue weighted by Gasteiger charge is -2.41. The first-order valence-corrected chi connectivity index (χ1v) is 14.9. The van der Waals surface area contributed by atoms with Crippen molar-refractivity contribution in [1.29, 1.82) is 0 Å². The molecule has 2 aromatic heterocycles.